The first-order valence-electron chi connectivity index (χ1n) is 8.39. The van der Waals surface area contributed by atoms with Gasteiger partial charge >= 0.3 is 0 Å². The monoisotopic (exact) mass is 294 g/mol. The molecule has 1 rings (SSSR count). The first-order valence-corrected chi connectivity index (χ1v) is 8.39. The van der Waals surface area contributed by atoms with E-state index in [0.29, 0.717) is 0 Å². The van der Waals surface area contributed by atoms with E-state index in [1.54, 1.807) is 6.92 Å². The number of unbranched alkanes of at least 4 members (excludes halogenated alkanes) is 2. The number of quaternary nitrogens is 1. The molecule has 4 nitrogen and oxygen atoms in total. The summed E-state index contributed by atoms with van der Waals surface area (Å²) in [6.45, 7) is 11.0. The number of nitrogens with one attached hydrogen (secondary N) is 1. The average Bonchev–Trinajstić information content (AvgIpc) is 2.86. The number of nitrogens with zero attached hydrogens (tertiary/aromatic N) is 2. The second kappa shape index (κ2) is 8.98. The van der Waals surface area contributed by atoms with E-state index < -0.39 is 0 Å². The average molecular weight is 294 g/mol. The molecule has 0 bridgehead atoms. The highest BCUT2D eigenvalue weighted by atomic mass is 16.1. The van der Waals surface area contributed by atoms with Gasteiger partial charge in [-0.3, -0.25) is 9.28 Å². The van der Waals surface area contributed by atoms with Gasteiger partial charge in [0, 0.05) is 20.3 Å². The Morgan fingerprint density at radius 2 is 2.14 bits per heavy atom. The molecule has 0 aromatic rings. The van der Waals surface area contributed by atoms with Gasteiger partial charge in [0.1, 0.15) is 6.54 Å². The van der Waals surface area contributed by atoms with Crippen molar-refractivity contribution in [3.63, 3.8) is 0 Å². The molecule has 1 aliphatic heterocycles. The smallest absolute Gasteiger partial charge is 0.221 e. The highest BCUT2D eigenvalue weighted by Gasteiger charge is 2.41. The Bertz CT molecular complexity index is 389. The lowest BCUT2D eigenvalue weighted by atomic mass is 10.1. The normalized spacial score (nSPS) is 23.3. The zero-order valence-electron chi connectivity index (χ0n) is 14.2. The Balaban J connectivity index is 2.54. The van der Waals surface area contributed by atoms with Crippen LogP contribution in [0.15, 0.2) is 17.1 Å². The maximum atomic E-state index is 11.4. The van der Waals surface area contributed by atoms with Gasteiger partial charge in [-0.05, 0) is 32.6 Å². The predicted molar refractivity (Wildman–Crippen MR) is 89.1 cm³/mol. The van der Waals surface area contributed by atoms with E-state index in [9.17, 15) is 4.79 Å². The number of carbonyl (C=O) groups is 1. The van der Waals surface area contributed by atoms with Gasteiger partial charge in [-0.15, -0.1) is 0 Å². The van der Waals surface area contributed by atoms with Crippen molar-refractivity contribution in [2.24, 2.45) is 4.99 Å². The standard InChI is InChI=1S/C17H31N3O/c1-5-7-8-9-10-11-12-17-18-13-14-20(17,6-2)15(3)19-16(4)21/h7-8,15H,5-6,9-14H2,1-4H3/p+1/b8-7+. The molecule has 0 aromatic carbocycles. The summed E-state index contributed by atoms with van der Waals surface area (Å²) < 4.78 is 0.838. The molecule has 2 atom stereocenters. The molecular weight excluding hydrogens is 262 g/mol. The van der Waals surface area contributed by atoms with Crippen LogP contribution in [0, 0.1) is 0 Å². The van der Waals surface area contributed by atoms with Crippen molar-refractivity contribution in [1.82, 2.24) is 5.32 Å². The van der Waals surface area contributed by atoms with Crippen molar-refractivity contribution in [2.75, 3.05) is 19.6 Å². The van der Waals surface area contributed by atoms with Gasteiger partial charge in [-0.25, -0.2) is 4.99 Å². The van der Waals surface area contributed by atoms with E-state index in [1.807, 2.05) is 0 Å². The van der Waals surface area contributed by atoms with Crippen molar-refractivity contribution in [2.45, 2.75) is 66.0 Å². The summed E-state index contributed by atoms with van der Waals surface area (Å²) in [6.07, 6.45) is 10.4. The van der Waals surface area contributed by atoms with Crippen LogP contribution in [-0.4, -0.2) is 42.0 Å². The fourth-order valence-electron chi connectivity index (χ4n) is 3.21. The molecule has 1 amide bonds. The topological polar surface area (TPSA) is 41.5 Å². The number of amidine groups is 1. The van der Waals surface area contributed by atoms with E-state index in [4.69, 9.17) is 4.99 Å². The lowest BCUT2D eigenvalue weighted by Gasteiger charge is -2.39. The van der Waals surface area contributed by atoms with Crippen molar-refractivity contribution < 1.29 is 9.28 Å². The summed E-state index contributed by atoms with van der Waals surface area (Å²) in [5, 5.41) is 3.07. The molecule has 0 saturated carbocycles. The minimum absolute atomic E-state index is 0.0457. The van der Waals surface area contributed by atoms with Crippen LogP contribution in [0.3, 0.4) is 0 Å². The molecule has 2 unspecified atom stereocenters. The summed E-state index contributed by atoms with van der Waals surface area (Å²) in [5.74, 6) is 1.32. The summed E-state index contributed by atoms with van der Waals surface area (Å²) in [7, 11) is 0. The molecule has 0 spiro atoms. The fourth-order valence-corrected chi connectivity index (χ4v) is 3.21. The fraction of sp³-hybridized carbons (Fsp3) is 0.765. The Labute approximate surface area is 129 Å². The number of rotatable bonds is 9. The number of hydrogen-bond donors (Lipinski definition) is 1. The minimum Gasteiger partial charge on any atom is -0.307 e. The van der Waals surface area contributed by atoms with Crippen LogP contribution in [0.5, 0.6) is 0 Å². The predicted octanol–water partition coefficient (Wildman–Crippen LogP) is 3.24. The third-order valence-electron chi connectivity index (χ3n) is 4.45. The first-order chi connectivity index (χ1) is 10.1. The molecule has 21 heavy (non-hydrogen) atoms. The van der Waals surface area contributed by atoms with Crippen LogP contribution in [0.2, 0.25) is 0 Å². The van der Waals surface area contributed by atoms with Gasteiger partial charge in [-0.2, -0.15) is 0 Å². The van der Waals surface area contributed by atoms with Gasteiger partial charge in [0.15, 0.2) is 12.0 Å². The minimum atomic E-state index is 0.0457. The lowest BCUT2D eigenvalue weighted by Crippen LogP contribution is -2.62. The zero-order valence-corrected chi connectivity index (χ0v) is 14.2. The molecule has 4 heteroatoms. The van der Waals surface area contributed by atoms with Crippen LogP contribution < -0.4 is 5.32 Å². The molecule has 1 aliphatic rings. The van der Waals surface area contributed by atoms with E-state index in [-0.39, 0.29) is 12.1 Å². The van der Waals surface area contributed by atoms with E-state index in [0.717, 1.165) is 43.4 Å². The largest absolute Gasteiger partial charge is 0.307 e. The number of amides is 1. The van der Waals surface area contributed by atoms with Gasteiger partial charge in [0.25, 0.3) is 0 Å². The lowest BCUT2D eigenvalue weighted by molar-refractivity contribution is -0.861. The Morgan fingerprint density at radius 1 is 1.38 bits per heavy atom. The summed E-state index contributed by atoms with van der Waals surface area (Å²) in [6, 6.07) is 0. The van der Waals surface area contributed by atoms with Gasteiger partial charge in [0.2, 0.25) is 5.91 Å². The zero-order chi connectivity index (χ0) is 15.7. The van der Waals surface area contributed by atoms with E-state index in [2.05, 4.69) is 38.2 Å². The Morgan fingerprint density at radius 3 is 2.76 bits per heavy atom. The molecule has 0 fully saturated rings. The molecule has 0 radical (unpaired) electrons. The number of hydrogen-bond acceptors (Lipinski definition) is 2. The quantitative estimate of drug-likeness (QED) is 0.396. The third-order valence-corrected chi connectivity index (χ3v) is 4.45. The number of aliphatic imine (C=N–C) groups is 1. The number of allylic oxidation sites excluding steroid dienone is 2. The van der Waals surface area contributed by atoms with Crippen molar-refractivity contribution in [1.29, 1.82) is 0 Å². The molecule has 120 valence electrons. The first kappa shape index (κ1) is 17.9. The third kappa shape index (κ3) is 4.95. The van der Waals surface area contributed by atoms with Gasteiger partial charge in [0.05, 0.1) is 13.1 Å². The summed E-state index contributed by atoms with van der Waals surface area (Å²) in [4.78, 5) is 16.1. The molecule has 1 heterocycles. The highest BCUT2D eigenvalue weighted by molar-refractivity contribution is 5.78. The molecular formula is C17H32N3O+. The van der Waals surface area contributed by atoms with Crippen molar-refractivity contribution in [3.8, 4) is 0 Å². The van der Waals surface area contributed by atoms with Crippen LogP contribution in [0.4, 0.5) is 0 Å². The van der Waals surface area contributed by atoms with E-state index >= 15 is 0 Å². The second-order valence-corrected chi connectivity index (χ2v) is 5.87. The van der Waals surface area contributed by atoms with Gasteiger partial charge in [-0.1, -0.05) is 19.1 Å². The van der Waals surface area contributed by atoms with Crippen LogP contribution in [0.25, 0.3) is 0 Å². The SMILES string of the molecule is CC/C=C/CCCCC1=NCC[N+]1(CC)C(C)NC(C)=O. The number of carbonyl (C=O) groups excluding carboxylic acids is 1. The maximum absolute atomic E-state index is 11.4. The molecule has 0 saturated heterocycles. The van der Waals surface area contributed by atoms with Crippen molar-refractivity contribution >= 4 is 11.7 Å². The maximum Gasteiger partial charge on any atom is 0.221 e. The number of likely N-dealkylation sites (N-methyl/N-ethyl adjacent to an activating group) is 1. The molecule has 0 aromatic heterocycles. The van der Waals surface area contributed by atoms with Crippen LogP contribution in [-0.2, 0) is 4.79 Å². The Kier molecular flexibility index (Phi) is 7.65. The molecule has 1 N–H and O–H groups in total. The second-order valence-electron chi connectivity index (χ2n) is 5.87. The highest BCUT2D eigenvalue weighted by Crippen LogP contribution is 2.22. The van der Waals surface area contributed by atoms with Gasteiger partial charge < -0.3 is 5.32 Å². The van der Waals surface area contributed by atoms with Crippen molar-refractivity contribution in [3.05, 3.63) is 12.2 Å². The van der Waals surface area contributed by atoms with Crippen LogP contribution in [0.1, 0.15) is 59.8 Å². The summed E-state index contributed by atoms with van der Waals surface area (Å²) >= 11 is 0. The summed E-state index contributed by atoms with van der Waals surface area (Å²) in [5.41, 5.74) is 0. The van der Waals surface area contributed by atoms with Crippen LogP contribution >= 0.6 is 0 Å². The van der Waals surface area contributed by atoms with E-state index in [1.165, 1.54) is 18.7 Å². The Hall–Kier alpha value is -1.16. The molecule has 0 aliphatic carbocycles.